The molecule has 0 fully saturated rings. The third kappa shape index (κ3) is 6.33. The van der Waals surface area contributed by atoms with Crippen LogP contribution in [0.3, 0.4) is 0 Å². The molecule has 1 unspecified atom stereocenters. The molecular formula is C54H42N4O. The van der Waals surface area contributed by atoms with E-state index in [1.165, 1.54) is 27.8 Å². The summed E-state index contributed by atoms with van der Waals surface area (Å²) in [6, 6.07) is 70.6. The summed E-state index contributed by atoms with van der Waals surface area (Å²) in [6.45, 7) is 6.75. The van der Waals surface area contributed by atoms with Gasteiger partial charge in [0, 0.05) is 28.9 Å². The predicted molar refractivity (Wildman–Crippen MR) is 242 cm³/mol. The molecule has 5 nitrogen and oxygen atoms in total. The average molecular weight is 763 g/mol. The van der Waals surface area contributed by atoms with E-state index in [1.807, 2.05) is 24.3 Å². The third-order valence-electron chi connectivity index (χ3n) is 11.6. The molecule has 1 atom stereocenters. The average Bonchev–Trinajstić information content (AvgIpc) is 3.30. The highest BCUT2D eigenvalue weighted by molar-refractivity contribution is 6.02. The molecule has 0 aliphatic carbocycles. The number of rotatable bonds is 8. The van der Waals surface area contributed by atoms with Crippen molar-refractivity contribution in [2.75, 3.05) is 4.90 Å². The van der Waals surface area contributed by atoms with E-state index < -0.39 is 5.41 Å². The van der Waals surface area contributed by atoms with Crippen molar-refractivity contribution in [3.63, 3.8) is 0 Å². The number of ether oxygens (including phenoxy) is 1. The number of hydrogen-bond acceptors (Lipinski definition) is 4. The molecular weight excluding hydrogens is 721 g/mol. The van der Waals surface area contributed by atoms with Crippen LogP contribution >= 0.6 is 0 Å². The SMILES string of the molecule is C=NC(=NC(NCc1cccc(-c2ccc(C)cc2)c1)c1ccccc1)c1ccc2c(c1)Oc1ccccc1C21c2ccccc2N(c2ccccc2)c2ccccc21. The molecule has 10 rings (SSSR count). The van der Waals surface area contributed by atoms with E-state index in [-0.39, 0.29) is 6.17 Å². The van der Waals surface area contributed by atoms with Crippen molar-refractivity contribution in [2.45, 2.75) is 25.0 Å². The second-order valence-electron chi connectivity index (χ2n) is 15.1. The molecule has 2 aliphatic rings. The van der Waals surface area contributed by atoms with Gasteiger partial charge in [-0.15, -0.1) is 0 Å². The summed E-state index contributed by atoms with van der Waals surface area (Å²) in [5.74, 6) is 2.10. The van der Waals surface area contributed by atoms with E-state index in [1.54, 1.807) is 0 Å². The van der Waals surface area contributed by atoms with Crippen LogP contribution in [0.5, 0.6) is 11.5 Å². The van der Waals surface area contributed by atoms with Crippen LogP contribution in [0.25, 0.3) is 11.1 Å². The molecule has 5 heteroatoms. The lowest BCUT2D eigenvalue weighted by Gasteiger charge is -2.48. The maximum atomic E-state index is 6.88. The van der Waals surface area contributed by atoms with Crippen LogP contribution in [-0.4, -0.2) is 12.6 Å². The summed E-state index contributed by atoms with van der Waals surface area (Å²) in [5, 5.41) is 3.72. The normalized spacial score (nSPS) is 14.0. The van der Waals surface area contributed by atoms with Crippen LogP contribution in [-0.2, 0) is 12.0 Å². The summed E-state index contributed by atoms with van der Waals surface area (Å²) in [5.41, 5.74) is 13.9. The zero-order valence-electron chi connectivity index (χ0n) is 32.8. The maximum absolute atomic E-state index is 6.88. The number of amidine groups is 1. The lowest BCUT2D eigenvalue weighted by molar-refractivity contribution is 0.434. The van der Waals surface area contributed by atoms with Crippen molar-refractivity contribution >= 4 is 29.6 Å². The minimum atomic E-state index is -0.665. The van der Waals surface area contributed by atoms with E-state index in [2.05, 4.69) is 205 Å². The van der Waals surface area contributed by atoms with Crippen molar-refractivity contribution in [2.24, 2.45) is 9.98 Å². The fourth-order valence-corrected chi connectivity index (χ4v) is 8.89. The molecule has 2 aliphatic heterocycles. The molecule has 0 amide bonds. The molecule has 2 heterocycles. The van der Waals surface area contributed by atoms with Crippen molar-refractivity contribution in [3.8, 4) is 22.6 Å². The van der Waals surface area contributed by atoms with Gasteiger partial charge in [-0.25, -0.2) is 9.98 Å². The minimum Gasteiger partial charge on any atom is -0.457 e. The number of fused-ring (bicyclic) bond motifs is 8. The highest BCUT2D eigenvalue weighted by atomic mass is 16.5. The van der Waals surface area contributed by atoms with Crippen molar-refractivity contribution in [3.05, 3.63) is 245 Å². The van der Waals surface area contributed by atoms with Crippen molar-refractivity contribution in [1.82, 2.24) is 5.32 Å². The monoisotopic (exact) mass is 762 g/mol. The van der Waals surface area contributed by atoms with Gasteiger partial charge in [-0.2, -0.15) is 0 Å². The van der Waals surface area contributed by atoms with E-state index in [9.17, 15) is 0 Å². The summed E-state index contributed by atoms with van der Waals surface area (Å²) in [6.07, 6.45) is -0.384. The fraction of sp³-hybridized carbons (Fsp3) is 0.0741. The number of hydrogen-bond donors (Lipinski definition) is 1. The van der Waals surface area contributed by atoms with E-state index in [0.29, 0.717) is 12.4 Å². The lowest BCUT2D eigenvalue weighted by atomic mass is 9.61. The summed E-state index contributed by atoms with van der Waals surface area (Å²) in [7, 11) is 0. The van der Waals surface area contributed by atoms with Gasteiger partial charge in [0.1, 0.15) is 17.7 Å². The molecule has 8 aromatic carbocycles. The van der Waals surface area contributed by atoms with Gasteiger partial charge in [-0.3, -0.25) is 5.32 Å². The topological polar surface area (TPSA) is 49.2 Å². The van der Waals surface area contributed by atoms with Gasteiger partial charge in [-0.1, -0.05) is 163 Å². The zero-order valence-corrected chi connectivity index (χ0v) is 32.8. The third-order valence-corrected chi connectivity index (χ3v) is 11.6. The molecule has 0 aromatic heterocycles. The Balaban J connectivity index is 1.07. The number of nitrogens with one attached hydrogen (secondary N) is 1. The Labute approximate surface area is 345 Å². The number of aryl methyl sites for hydroxylation is 1. The minimum absolute atomic E-state index is 0.384. The molecule has 284 valence electrons. The number of para-hydroxylation sites is 4. The molecule has 0 bridgehead atoms. The second-order valence-corrected chi connectivity index (χ2v) is 15.1. The summed E-state index contributed by atoms with van der Waals surface area (Å²) in [4.78, 5) is 12.2. The van der Waals surface area contributed by atoms with Gasteiger partial charge in [0.25, 0.3) is 0 Å². The number of anilines is 3. The number of aliphatic imine (C=N–C) groups is 2. The molecule has 0 saturated heterocycles. The van der Waals surface area contributed by atoms with E-state index in [0.717, 1.165) is 56.4 Å². The van der Waals surface area contributed by atoms with Gasteiger partial charge < -0.3 is 9.64 Å². The fourth-order valence-electron chi connectivity index (χ4n) is 8.89. The van der Waals surface area contributed by atoms with Crippen molar-refractivity contribution < 1.29 is 4.74 Å². The molecule has 59 heavy (non-hydrogen) atoms. The predicted octanol–water partition coefficient (Wildman–Crippen LogP) is 12.9. The second kappa shape index (κ2) is 15.2. The van der Waals surface area contributed by atoms with Crippen LogP contribution in [0.2, 0.25) is 0 Å². The largest absolute Gasteiger partial charge is 0.457 e. The molecule has 8 aromatic rings. The Hall–Kier alpha value is -7.34. The Morgan fingerprint density at radius 2 is 1.22 bits per heavy atom. The van der Waals surface area contributed by atoms with Crippen LogP contribution in [0.15, 0.2) is 210 Å². The molecule has 0 saturated carbocycles. The summed E-state index contributed by atoms with van der Waals surface area (Å²) >= 11 is 0. The highest BCUT2D eigenvalue weighted by Crippen LogP contribution is 2.62. The van der Waals surface area contributed by atoms with E-state index in [4.69, 9.17) is 9.73 Å². The van der Waals surface area contributed by atoms with Gasteiger partial charge in [-0.05, 0) is 89.5 Å². The molecule has 0 radical (unpaired) electrons. The maximum Gasteiger partial charge on any atom is 0.155 e. The Morgan fingerprint density at radius 3 is 1.93 bits per heavy atom. The number of nitrogens with zero attached hydrogens (tertiary/aromatic N) is 3. The van der Waals surface area contributed by atoms with Crippen LogP contribution in [0.1, 0.15) is 50.7 Å². The summed E-state index contributed by atoms with van der Waals surface area (Å²) < 4.78 is 6.88. The zero-order chi connectivity index (χ0) is 39.8. The van der Waals surface area contributed by atoms with Crippen LogP contribution in [0, 0.1) is 6.92 Å². The smallest absolute Gasteiger partial charge is 0.155 e. The lowest BCUT2D eigenvalue weighted by Crippen LogP contribution is -2.39. The standard InChI is InChI=1S/C54H42N4O/c1-37-28-30-39(31-29-37)41-19-15-16-38(34-41)36-56-53(40-17-5-3-6-18-40)57-52(55-2)42-32-33-47-51(35-42)59-50-27-14-11-24-46(50)54(47)44-22-9-12-25-48(44)58(43-20-7-4-8-21-43)49-26-13-10-23-45(49)54/h3-35,53,56H,2,36H2,1H3. The van der Waals surface area contributed by atoms with Crippen molar-refractivity contribution in [1.29, 1.82) is 0 Å². The first-order chi connectivity index (χ1) is 29.1. The molecule has 1 N–H and O–H groups in total. The van der Waals surface area contributed by atoms with Gasteiger partial charge in [0.05, 0.1) is 16.8 Å². The van der Waals surface area contributed by atoms with E-state index >= 15 is 0 Å². The highest BCUT2D eigenvalue weighted by Gasteiger charge is 2.51. The van der Waals surface area contributed by atoms with Gasteiger partial charge >= 0.3 is 0 Å². The van der Waals surface area contributed by atoms with Gasteiger partial charge in [0.15, 0.2) is 5.84 Å². The van der Waals surface area contributed by atoms with Gasteiger partial charge in [0.2, 0.25) is 0 Å². The molecule has 1 spiro atoms. The van der Waals surface area contributed by atoms with Crippen LogP contribution in [0.4, 0.5) is 17.1 Å². The first-order valence-electron chi connectivity index (χ1n) is 20.1. The first kappa shape index (κ1) is 36.0. The first-order valence-corrected chi connectivity index (χ1v) is 20.1. The number of benzene rings is 8. The quantitative estimate of drug-likeness (QED) is 0.124. The Morgan fingerprint density at radius 1 is 0.593 bits per heavy atom. The van der Waals surface area contributed by atoms with Crippen LogP contribution < -0.4 is 15.0 Å². The Kier molecular flexibility index (Phi) is 9.28. The Bertz CT molecular complexity index is 2800.